The molecule has 1 N–H and O–H groups in total. The fourth-order valence-electron chi connectivity index (χ4n) is 2.78. The molecule has 0 fully saturated rings. The van der Waals surface area contributed by atoms with E-state index in [0.717, 1.165) is 14.3 Å². The number of hydrogen-bond donors (Lipinski definition) is 1. The minimum Gasteiger partial charge on any atom is -0.325 e. The summed E-state index contributed by atoms with van der Waals surface area (Å²) in [7, 11) is -2.34. The van der Waals surface area contributed by atoms with E-state index in [9.17, 15) is 13.2 Å². The van der Waals surface area contributed by atoms with Gasteiger partial charge in [-0.25, -0.2) is 8.42 Å². The largest absolute Gasteiger partial charge is 0.325 e. The molecule has 134 valence electrons. The average Bonchev–Trinajstić information content (AvgIpc) is 2.45. The summed E-state index contributed by atoms with van der Waals surface area (Å²) in [4.78, 5) is 12.5. The number of nitrogens with one attached hydrogen (secondary N) is 1. The van der Waals surface area contributed by atoms with E-state index in [4.69, 9.17) is 0 Å². The SMILES string of the molecule is Cc1cc(C)c(S(=O)(=O)N(C)CC(=O)Nc2cccc(Br)c2)c(C)c1. The van der Waals surface area contributed by atoms with E-state index in [-0.39, 0.29) is 11.4 Å². The number of aryl methyl sites for hydroxylation is 3. The van der Waals surface area contributed by atoms with E-state index < -0.39 is 15.9 Å². The van der Waals surface area contributed by atoms with Crippen LogP contribution in [0.3, 0.4) is 0 Å². The number of sulfonamides is 1. The average molecular weight is 425 g/mol. The molecule has 0 aromatic heterocycles. The molecule has 0 aliphatic heterocycles. The number of halogens is 1. The van der Waals surface area contributed by atoms with E-state index in [0.29, 0.717) is 16.8 Å². The molecule has 25 heavy (non-hydrogen) atoms. The Kier molecular flexibility index (Phi) is 6.03. The molecular formula is C18H21BrN2O3S. The molecule has 1 amide bonds. The number of rotatable bonds is 5. The van der Waals surface area contributed by atoms with Crippen molar-refractivity contribution in [2.45, 2.75) is 25.7 Å². The monoisotopic (exact) mass is 424 g/mol. The molecule has 0 radical (unpaired) electrons. The first kappa shape index (κ1) is 19.6. The van der Waals surface area contributed by atoms with E-state index in [1.165, 1.54) is 7.05 Å². The third-order valence-corrected chi connectivity index (χ3v) is 6.35. The van der Waals surface area contributed by atoms with Crippen molar-refractivity contribution in [3.8, 4) is 0 Å². The summed E-state index contributed by atoms with van der Waals surface area (Å²) >= 11 is 3.33. The van der Waals surface area contributed by atoms with Gasteiger partial charge in [-0.2, -0.15) is 4.31 Å². The number of anilines is 1. The lowest BCUT2D eigenvalue weighted by atomic mass is 10.1. The predicted molar refractivity (Wildman–Crippen MR) is 103 cm³/mol. The molecule has 0 unspecified atom stereocenters. The molecule has 5 nitrogen and oxygen atoms in total. The molecule has 7 heteroatoms. The first-order chi connectivity index (χ1) is 11.6. The van der Waals surface area contributed by atoms with Crippen LogP contribution in [0.1, 0.15) is 16.7 Å². The minimum absolute atomic E-state index is 0.260. The van der Waals surface area contributed by atoms with Gasteiger partial charge in [0.05, 0.1) is 11.4 Å². The molecule has 0 aliphatic rings. The number of nitrogens with zero attached hydrogens (tertiary/aromatic N) is 1. The number of likely N-dealkylation sites (N-methyl/N-ethyl adjacent to an activating group) is 1. The van der Waals surface area contributed by atoms with Gasteiger partial charge >= 0.3 is 0 Å². The maximum atomic E-state index is 12.9. The summed E-state index contributed by atoms with van der Waals surface area (Å²) in [6.45, 7) is 5.19. The maximum Gasteiger partial charge on any atom is 0.243 e. The number of hydrogen-bond acceptors (Lipinski definition) is 3. The van der Waals surface area contributed by atoms with Crippen molar-refractivity contribution in [1.82, 2.24) is 4.31 Å². The van der Waals surface area contributed by atoms with Gasteiger partial charge in [0, 0.05) is 17.2 Å². The first-order valence-corrected chi connectivity index (χ1v) is 9.94. The van der Waals surface area contributed by atoms with Gasteiger partial charge in [-0.05, 0) is 50.1 Å². The van der Waals surface area contributed by atoms with E-state index >= 15 is 0 Å². The van der Waals surface area contributed by atoms with E-state index in [1.807, 2.05) is 25.1 Å². The van der Waals surface area contributed by atoms with Crippen LogP contribution < -0.4 is 5.32 Å². The molecule has 2 aromatic rings. The zero-order valence-electron chi connectivity index (χ0n) is 14.6. The fourth-order valence-corrected chi connectivity index (χ4v) is 4.71. The standard InChI is InChI=1S/C18H21BrN2O3S/c1-12-8-13(2)18(14(3)9-12)25(23,24)21(4)11-17(22)20-16-7-5-6-15(19)10-16/h5-10H,11H2,1-4H3,(H,20,22). The Morgan fingerprint density at radius 1 is 1.12 bits per heavy atom. The van der Waals surface area contributed by atoms with Crippen LogP contribution in [-0.4, -0.2) is 32.2 Å². The van der Waals surface area contributed by atoms with Crippen LogP contribution in [0.25, 0.3) is 0 Å². The molecule has 2 rings (SSSR count). The Morgan fingerprint density at radius 3 is 2.28 bits per heavy atom. The Balaban J connectivity index is 2.19. The lowest BCUT2D eigenvalue weighted by Gasteiger charge is -2.20. The normalized spacial score (nSPS) is 11.6. The number of carbonyl (C=O) groups is 1. The van der Waals surface area contributed by atoms with Crippen LogP contribution in [0.15, 0.2) is 45.8 Å². The van der Waals surface area contributed by atoms with Gasteiger partial charge in [0.25, 0.3) is 0 Å². The maximum absolute atomic E-state index is 12.9. The van der Waals surface area contributed by atoms with Crippen LogP contribution in [0.5, 0.6) is 0 Å². The first-order valence-electron chi connectivity index (χ1n) is 7.71. The molecule has 2 aromatic carbocycles. The molecule has 0 aliphatic carbocycles. The zero-order valence-corrected chi connectivity index (χ0v) is 17.0. The molecule has 0 saturated carbocycles. The van der Waals surface area contributed by atoms with Crippen LogP contribution in [0.2, 0.25) is 0 Å². The molecule has 0 saturated heterocycles. The molecule has 0 spiro atoms. The molecule has 0 atom stereocenters. The van der Waals surface area contributed by atoms with Crippen molar-refractivity contribution in [2.24, 2.45) is 0 Å². The van der Waals surface area contributed by atoms with Gasteiger partial charge in [-0.3, -0.25) is 4.79 Å². The van der Waals surface area contributed by atoms with Gasteiger partial charge in [-0.1, -0.05) is 39.7 Å². The van der Waals surface area contributed by atoms with Crippen LogP contribution >= 0.6 is 15.9 Å². The molecule has 0 heterocycles. The lowest BCUT2D eigenvalue weighted by molar-refractivity contribution is -0.116. The van der Waals surface area contributed by atoms with Crippen molar-refractivity contribution >= 4 is 37.5 Å². The summed E-state index contributed by atoms with van der Waals surface area (Å²) in [6, 6.07) is 10.8. The second kappa shape index (κ2) is 7.68. The highest BCUT2D eigenvalue weighted by Gasteiger charge is 2.26. The summed E-state index contributed by atoms with van der Waals surface area (Å²) < 4.78 is 27.6. The number of amides is 1. The Labute approximate surface area is 157 Å². The van der Waals surface area contributed by atoms with Crippen LogP contribution in [-0.2, 0) is 14.8 Å². The Bertz CT molecular complexity index is 887. The summed E-state index contributed by atoms with van der Waals surface area (Å²) in [5.41, 5.74) is 2.96. The zero-order chi connectivity index (χ0) is 18.8. The van der Waals surface area contributed by atoms with Crippen molar-refractivity contribution < 1.29 is 13.2 Å². The third kappa shape index (κ3) is 4.68. The van der Waals surface area contributed by atoms with Gasteiger partial charge < -0.3 is 5.32 Å². The molecular weight excluding hydrogens is 404 g/mol. The van der Waals surface area contributed by atoms with Gasteiger partial charge in [0.1, 0.15) is 0 Å². The Hall–Kier alpha value is -1.70. The van der Waals surface area contributed by atoms with E-state index in [2.05, 4.69) is 21.2 Å². The van der Waals surface area contributed by atoms with Gasteiger partial charge in [0.15, 0.2) is 0 Å². The van der Waals surface area contributed by atoms with Gasteiger partial charge in [-0.15, -0.1) is 0 Å². The van der Waals surface area contributed by atoms with Crippen molar-refractivity contribution in [2.75, 3.05) is 18.9 Å². The Morgan fingerprint density at radius 2 is 1.72 bits per heavy atom. The lowest BCUT2D eigenvalue weighted by Crippen LogP contribution is -2.35. The highest BCUT2D eigenvalue weighted by Crippen LogP contribution is 2.24. The second-order valence-electron chi connectivity index (χ2n) is 6.05. The van der Waals surface area contributed by atoms with E-state index in [1.54, 1.807) is 32.0 Å². The third-order valence-electron chi connectivity index (χ3n) is 3.75. The smallest absolute Gasteiger partial charge is 0.243 e. The second-order valence-corrected chi connectivity index (χ2v) is 8.94. The van der Waals surface area contributed by atoms with Crippen LogP contribution in [0, 0.1) is 20.8 Å². The summed E-state index contributed by atoms with van der Waals surface area (Å²) in [6.07, 6.45) is 0. The highest BCUT2D eigenvalue weighted by molar-refractivity contribution is 9.10. The van der Waals surface area contributed by atoms with Crippen molar-refractivity contribution in [3.63, 3.8) is 0 Å². The molecule has 0 bridgehead atoms. The van der Waals surface area contributed by atoms with Gasteiger partial charge in [0.2, 0.25) is 15.9 Å². The number of benzene rings is 2. The summed E-state index contributed by atoms with van der Waals surface area (Å²) in [5.74, 6) is -0.397. The van der Waals surface area contributed by atoms with Crippen LogP contribution in [0.4, 0.5) is 5.69 Å². The highest BCUT2D eigenvalue weighted by atomic mass is 79.9. The fraction of sp³-hybridized carbons (Fsp3) is 0.278. The predicted octanol–water partition coefficient (Wildman–Crippen LogP) is 3.63. The van der Waals surface area contributed by atoms with Crippen molar-refractivity contribution in [1.29, 1.82) is 0 Å². The minimum atomic E-state index is -3.75. The number of carbonyl (C=O) groups excluding carboxylic acids is 1. The quantitative estimate of drug-likeness (QED) is 0.796. The van der Waals surface area contributed by atoms with Crippen molar-refractivity contribution in [3.05, 3.63) is 57.6 Å². The summed E-state index contributed by atoms with van der Waals surface area (Å²) in [5, 5.41) is 2.70. The topological polar surface area (TPSA) is 66.5 Å².